The van der Waals surface area contributed by atoms with E-state index in [9.17, 15) is 5.11 Å². The van der Waals surface area contributed by atoms with Crippen LogP contribution in [0.25, 0.3) is 0 Å². The van der Waals surface area contributed by atoms with Gasteiger partial charge >= 0.3 is 0 Å². The largest absolute Gasteiger partial charge is 0.392 e. The molecule has 26 heavy (non-hydrogen) atoms. The van der Waals surface area contributed by atoms with Crippen molar-refractivity contribution in [3.05, 3.63) is 23.3 Å². The summed E-state index contributed by atoms with van der Waals surface area (Å²) in [4.78, 5) is 0. The second-order valence-electron chi connectivity index (χ2n) is 10.8. The van der Waals surface area contributed by atoms with Crippen LogP contribution in [0.3, 0.4) is 0 Å². The second kappa shape index (κ2) is 7.82. The van der Waals surface area contributed by atoms with Crippen LogP contribution in [0.4, 0.5) is 0 Å². The average molecular weight is 359 g/mol. The molecule has 5 atom stereocenters. The highest BCUT2D eigenvalue weighted by Gasteiger charge is 2.53. The van der Waals surface area contributed by atoms with Gasteiger partial charge in [-0.15, -0.1) is 0 Å². The maximum absolute atomic E-state index is 11.4. The van der Waals surface area contributed by atoms with Gasteiger partial charge in [0.25, 0.3) is 0 Å². The zero-order chi connectivity index (χ0) is 18.9. The minimum atomic E-state index is -0.125. The van der Waals surface area contributed by atoms with E-state index in [-0.39, 0.29) is 11.5 Å². The molecule has 5 unspecified atom stereocenters. The predicted molar refractivity (Wildman–Crippen MR) is 112 cm³/mol. The van der Waals surface area contributed by atoms with Crippen LogP contribution in [-0.4, -0.2) is 11.2 Å². The van der Waals surface area contributed by atoms with Gasteiger partial charge in [-0.2, -0.15) is 0 Å². The monoisotopic (exact) mass is 358 g/mol. The van der Waals surface area contributed by atoms with E-state index in [0.717, 1.165) is 5.92 Å². The lowest BCUT2D eigenvalue weighted by molar-refractivity contribution is -0.133. The minimum absolute atomic E-state index is 0.0878. The summed E-state index contributed by atoms with van der Waals surface area (Å²) in [5.41, 5.74) is 3.60. The van der Waals surface area contributed by atoms with Crippen molar-refractivity contribution >= 4 is 0 Å². The number of hydrogen-bond acceptors (Lipinski definition) is 1. The Kier molecular flexibility index (Phi) is 6.07. The van der Waals surface area contributed by atoms with Crippen molar-refractivity contribution in [3.8, 4) is 0 Å². The highest BCUT2D eigenvalue weighted by atomic mass is 16.3. The van der Waals surface area contributed by atoms with E-state index in [2.05, 4.69) is 46.8 Å². The lowest BCUT2D eigenvalue weighted by Crippen LogP contribution is -2.53. The topological polar surface area (TPSA) is 20.2 Å². The molecule has 1 nitrogen and oxygen atoms in total. The molecule has 0 saturated heterocycles. The van der Waals surface area contributed by atoms with Crippen LogP contribution in [0.15, 0.2) is 23.3 Å². The Morgan fingerprint density at radius 3 is 2.27 bits per heavy atom. The molecule has 0 bridgehead atoms. The van der Waals surface area contributed by atoms with Crippen LogP contribution >= 0.6 is 0 Å². The minimum Gasteiger partial charge on any atom is -0.392 e. The zero-order valence-electron chi connectivity index (χ0n) is 18.0. The van der Waals surface area contributed by atoms with Gasteiger partial charge in [-0.05, 0) is 107 Å². The van der Waals surface area contributed by atoms with Crippen molar-refractivity contribution in [1.29, 1.82) is 0 Å². The summed E-state index contributed by atoms with van der Waals surface area (Å²) in [6.07, 6.45) is 17.5. The van der Waals surface area contributed by atoms with Crippen LogP contribution in [0.5, 0.6) is 0 Å². The summed E-state index contributed by atoms with van der Waals surface area (Å²) in [5.74, 6) is 1.94. The Hall–Kier alpha value is -0.560. The Morgan fingerprint density at radius 1 is 0.846 bits per heavy atom. The van der Waals surface area contributed by atoms with Gasteiger partial charge in [0.1, 0.15) is 0 Å². The molecule has 0 aromatic rings. The van der Waals surface area contributed by atoms with Gasteiger partial charge in [-0.1, -0.05) is 44.1 Å². The van der Waals surface area contributed by atoms with Gasteiger partial charge in [0.15, 0.2) is 0 Å². The molecule has 0 aromatic heterocycles. The Labute approximate surface area is 162 Å². The quantitative estimate of drug-likeness (QED) is 0.459. The molecule has 3 rings (SSSR count). The number of aliphatic hydroxyl groups excluding tert-OH is 1. The molecule has 1 N–H and O–H groups in total. The standard InChI is InChI=1S/C25H42O/c1-18-8-6-9-19(2)11-12-21-22-20(13-16-24(3,4)23(22)26)14-17-25(21,5)15-7-10-18/h9-10,20-23,26H,6-8,11-17H2,1-5H3. The van der Waals surface area contributed by atoms with Gasteiger partial charge in [0, 0.05) is 0 Å². The number of rotatable bonds is 0. The van der Waals surface area contributed by atoms with Crippen molar-refractivity contribution in [2.75, 3.05) is 0 Å². The van der Waals surface area contributed by atoms with Gasteiger partial charge in [0.05, 0.1) is 6.10 Å². The fraction of sp³-hybridized carbons (Fsp3) is 0.840. The lowest BCUT2D eigenvalue weighted by atomic mass is 9.49. The first-order chi connectivity index (χ1) is 12.2. The smallest absolute Gasteiger partial charge is 0.0624 e. The maximum Gasteiger partial charge on any atom is 0.0624 e. The Bertz CT molecular complexity index is 555. The van der Waals surface area contributed by atoms with Crippen molar-refractivity contribution in [3.63, 3.8) is 0 Å². The summed E-state index contributed by atoms with van der Waals surface area (Å²) in [5, 5.41) is 11.4. The summed E-state index contributed by atoms with van der Waals surface area (Å²) >= 11 is 0. The van der Waals surface area contributed by atoms with Crippen LogP contribution in [0.2, 0.25) is 0 Å². The second-order valence-corrected chi connectivity index (χ2v) is 10.8. The van der Waals surface area contributed by atoms with Crippen molar-refractivity contribution < 1.29 is 5.11 Å². The predicted octanol–water partition coefficient (Wildman–Crippen LogP) is 7.06. The van der Waals surface area contributed by atoms with Gasteiger partial charge in [-0.3, -0.25) is 0 Å². The van der Waals surface area contributed by atoms with E-state index in [0.29, 0.717) is 17.3 Å². The SMILES string of the molecule is CC1=CCCC2(C)CCC3CCC(C)(C)C(O)C3C2CCC(C)=CCC1. The molecule has 3 aliphatic carbocycles. The van der Waals surface area contributed by atoms with E-state index < -0.39 is 0 Å². The normalized spacial score (nSPS) is 41.6. The molecule has 0 radical (unpaired) electrons. The van der Waals surface area contributed by atoms with Crippen molar-refractivity contribution in [1.82, 2.24) is 0 Å². The van der Waals surface area contributed by atoms with E-state index in [1.807, 2.05) is 0 Å². The van der Waals surface area contributed by atoms with E-state index in [4.69, 9.17) is 0 Å². The van der Waals surface area contributed by atoms with Crippen molar-refractivity contribution in [2.45, 2.75) is 105 Å². The maximum atomic E-state index is 11.4. The first-order valence-corrected chi connectivity index (χ1v) is 11.2. The summed E-state index contributed by atoms with van der Waals surface area (Å²) in [7, 11) is 0. The van der Waals surface area contributed by atoms with Gasteiger partial charge in [-0.25, -0.2) is 0 Å². The van der Waals surface area contributed by atoms with Gasteiger partial charge < -0.3 is 5.11 Å². The molecule has 2 saturated carbocycles. The molecule has 0 aliphatic heterocycles. The number of allylic oxidation sites excluding steroid dienone is 4. The fourth-order valence-electron chi connectivity index (χ4n) is 6.36. The van der Waals surface area contributed by atoms with Crippen LogP contribution in [-0.2, 0) is 0 Å². The van der Waals surface area contributed by atoms with Gasteiger partial charge in [0.2, 0.25) is 0 Å². The third kappa shape index (κ3) is 4.13. The van der Waals surface area contributed by atoms with E-state index in [1.165, 1.54) is 64.2 Å². The molecule has 2 fully saturated rings. The molecule has 148 valence electrons. The molecule has 0 spiro atoms. The van der Waals surface area contributed by atoms with E-state index in [1.54, 1.807) is 11.1 Å². The summed E-state index contributed by atoms with van der Waals surface area (Å²) in [6, 6.07) is 0. The number of aliphatic hydroxyl groups is 1. The number of hydrogen-bond donors (Lipinski definition) is 1. The molecule has 0 heterocycles. The Balaban J connectivity index is 1.90. The summed E-state index contributed by atoms with van der Waals surface area (Å²) < 4.78 is 0. The third-order valence-electron chi connectivity index (χ3n) is 8.40. The highest BCUT2D eigenvalue weighted by molar-refractivity contribution is 5.08. The third-order valence-corrected chi connectivity index (χ3v) is 8.40. The van der Waals surface area contributed by atoms with Crippen molar-refractivity contribution in [2.24, 2.45) is 28.6 Å². The van der Waals surface area contributed by atoms with Crippen LogP contribution < -0.4 is 0 Å². The molecule has 0 aromatic carbocycles. The first-order valence-electron chi connectivity index (χ1n) is 11.2. The average Bonchev–Trinajstić information content (AvgIpc) is 2.57. The molecular weight excluding hydrogens is 316 g/mol. The summed E-state index contributed by atoms with van der Waals surface area (Å²) in [6.45, 7) is 11.8. The fourth-order valence-corrected chi connectivity index (χ4v) is 6.36. The Morgan fingerprint density at radius 2 is 1.50 bits per heavy atom. The molecule has 1 heteroatoms. The lowest BCUT2D eigenvalue weighted by Gasteiger charge is -2.57. The number of fused-ring (bicyclic) bond motifs is 3. The molecule has 3 aliphatic rings. The van der Waals surface area contributed by atoms with Crippen LogP contribution in [0.1, 0.15) is 98.8 Å². The zero-order valence-corrected chi connectivity index (χ0v) is 18.0. The van der Waals surface area contributed by atoms with Crippen LogP contribution in [0, 0.1) is 28.6 Å². The van der Waals surface area contributed by atoms with E-state index >= 15 is 0 Å². The molecular formula is C25H42O. The highest BCUT2D eigenvalue weighted by Crippen LogP contribution is 2.58. The first kappa shape index (κ1) is 20.2. The molecule has 0 amide bonds.